The minimum Gasteiger partial charge on any atom is -0.481 e. The molecule has 0 radical (unpaired) electrons. The van der Waals surface area contributed by atoms with Crippen LogP contribution in [-0.2, 0) is 9.59 Å². The topological polar surface area (TPSA) is 66.8 Å². The molecule has 0 saturated carbocycles. The van der Waals surface area contributed by atoms with Gasteiger partial charge in [0.1, 0.15) is 5.75 Å². The molecule has 0 atom stereocenters. The Balaban J connectivity index is 1.98. The first-order valence-corrected chi connectivity index (χ1v) is 6.64. The van der Waals surface area contributed by atoms with E-state index in [0.29, 0.717) is 10.8 Å². The van der Waals surface area contributed by atoms with Crippen LogP contribution in [0.2, 0.25) is 5.02 Å². The van der Waals surface area contributed by atoms with Crippen LogP contribution in [0.15, 0.2) is 24.3 Å². The van der Waals surface area contributed by atoms with Gasteiger partial charge in [0, 0.05) is 18.1 Å². The highest BCUT2D eigenvalue weighted by Crippen LogP contribution is 2.25. The van der Waals surface area contributed by atoms with Crippen molar-refractivity contribution < 1.29 is 19.4 Å². The molecule has 1 N–H and O–H groups in total. The number of carboxylic acid groups (broad SMARTS) is 1. The fraction of sp³-hybridized carbons (Fsp3) is 0.429. The highest BCUT2D eigenvalue weighted by Gasteiger charge is 2.42. The maximum Gasteiger partial charge on any atom is 0.310 e. The summed E-state index contributed by atoms with van der Waals surface area (Å²) in [7, 11) is 0. The number of carbonyl (C=O) groups is 2. The van der Waals surface area contributed by atoms with Crippen molar-refractivity contribution in [1.29, 1.82) is 0 Å². The fourth-order valence-electron chi connectivity index (χ4n) is 2.02. The van der Waals surface area contributed by atoms with Crippen molar-refractivity contribution in [3.8, 4) is 5.75 Å². The standard InChI is InChI=1S/C14H16ClNO4/c1-14(2,20-11-5-3-10(15)4-6-11)13(19)16-7-9(8-16)12(17)18/h3-6,9H,7-8H2,1-2H3,(H,17,18). The van der Waals surface area contributed by atoms with Gasteiger partial charge in [0.2, 0.25) is 0 Å². The van der Waals surface area contributed by atoms with Gasteiger partial charge in [-0.2, -0.15) is 0 Å². The van der Waals surface area contributed by atoms with E-state index in [1.54, 1.807) is 38.1 Å². The summed E-state index contributed by atoms with van der Waals surface area (Å²) in [5.74, 6) is -1.01. The number of nitrogens with zero attached hydrogens (tertiary/aromatic N) is 1. The number of hydrogen-bond acceptors (Lipinski definition) is 3. The molecular weight excluding hydrogens is 282 g/mol. The van der Waals surface area contributed by atoms with Gasteiger partial charge in [0.05, 0.1) is 5.92 Å². The molecule has 0 aliphatic carbocycles. The Morgan fingerprint density at radius 1 is 1.30 bits per heavy atom. The molecule has 1 amide bonds. The lowest BCUT2D eigenvalue weighted by Crippen LogP contribution is -2.59. The van der Waals surface area contributed by atoms with Gasteiger partial charge in [-0.05, 0) is 38.1 Å². The van der Waals surface area contributed by atoms with Crippen molar-refractivity contribution >= 4 is 23.5 Å². The number of carboxylic acids is 1. The van der Waals surface area contributed by atoms with Gasteiger partial charge in [-0.15, -0.1) is 0 Å². The summed E-state index contributed by atoms with van der Waals surface area (Å²) in [5, 5.41) is 9.41. The SMILES string of the molecule is CC(C)(Oc1ccc(Cl)cc1)C(=O)N1CC(C(=O)O)C1. The molecular formula is C14H16ClNO4. The zero-order chi connectivity index (χ0) is 14.9. The number of amides is 1. The van der Waals surface area contributed by atoms with Gasteiger partial charge in [-0.3, -0.25) is 9.59 Å². The molecule has 0 spiro atoms. The summed E-state index contributed by atoms with van der Waals surface area (Å²) in [6.07, 6.45) is 0. The van der Waals surface area contributed by atoms with Gasteiger partial charge in [0.25, 0.3) is 5.91 Å². The highest BCUT2D eigenvalue weighted by molar-refractivity contribution is 6.30. The second kappa shape index (κ2) is 5.32. The number of ether oxygens (including phenoxy) is 1. The largest absolute Gasteiger partial charge is 0.481 e. The van der Waals surface area contributed by atoms with Gasteiger partial charge in [0.15, 0.2) is 5.60 Å². The Bertz CT molecular complexity index is 520. The van der Waals surface area contributed by atoms with Crippen LogP contribution in [0.5, 0.6) is 5.75 Å². The molecule has 1 heterocycles. The molecule has 5 nitrogen and oxygen atoms in total. The number of benzene rings is 1. The molecule has 1 aliphatic heterocycles. The van der Waals surface area contributed by atoms with Crippen LogP contribution in [0.1, 0.15) is 13.8 Å². The van der Waals surface area contributed by atoms with E-state index in [9.17, 15) is 9.59 Å². The van der Waals surface area contributed by atoms with Crippen molar-refractivity contribution in [2.75, 3.05) is 13.1 Å². The predicted molar refractivity (Wildman–Crippen MR) is 73.9 cm³/mol. The van der Waals surface area contributed by atoms with Crippen LogP contribution in [0, 0.1) is 5.92 Å². The number of aliphatic carboxylic acids is 1. The van der Waals surface area contributed by atoms with Crippen LogP contribution in [-0.4, -0.2) is 40.6 Å². The highest BCUT2D eigenvalue weighted by atomic mass is 35.5. The van der Waals surface area contributed by atoms with Crippen molar-refractivity contribution in [3.05, 3.63) is 29.3 Å². The van der Waals surface area contributed by atoms with Crippen LogP contribution in [0.4, 0.5) is 0 Å². The Kier molecular flexibility index (Phi) is 3.90. The number of carbonyl (C=O) groups excluding carboxylic acids is 1. The van der Waals surface area contributed by atoms with Crippen molar-refractivity contribution in [3.63, 3.8) is 0 Å². The fourth-order valence-corrected chi connectivity index (χ4v) is 2.15. The second-order valence-electron chi connectivity index (χ2n) is 5.31. The molecule has 2 rings (SSSR count). The minimum atomic E-state index is -1.04. The van der Waals surface area contributed by atoms with Gasteiger partial charge in [-0.1, -0.05) is 11.6 Å². The summed E-state index contributed by atoms with van der Waals surface area (Å²) >= 11 is 5.79. The monoisotopic (exact) mass is 297 g/mol. The Hall–Kier alpha value is -1.75. The number of hydrogen-bond donors (Lipinski definition) is 1. The van der Waals surface area contributed by atoms with Crippen molar-refractivity contribution in [1.82, 2.24) is 4.90 Å². The molecule has 1 saturated heterocycles. The summed E-state index contributed by atoms with van der Waals surface area (Å²) in [4.78, 5) is 24.5. The lowest BCUT2D eigenvalue weighted by Gasteiger charge is -2.41. The van der Waals surface area contributed by atoms with E-state index in [2.05, 4.69) is 0 Å². The molecule has 0 aromatic heterocycles. The average molecular weight is 298 g/mol. The van der Waals surface area contributed by atoms with E-state index in [4.69, 9.17) is 21.4 Å². The summed E-state index contributed by atoms with van der Waals surface area (Å²) in [6, 6.07) is 6.74. The van der Waals surface area contributed by atoms with Gasteiger partial charge < -0.3 is 14.7 Å². The summed E-state index contributed by atoms with van der Waals surface area (Å²) in [5.41, 5.74) is -1.04. The van der Waals surface area contributed by atoms with Crippen LogP contribution >= 0.6 is 11.6 Å². The van der Waals surface area contributed by atoms with E-state index in [1.165, 1.54) is 4.90 Å². The first-order chi connectivity index (χ1) is 9.29. The molecule has 1 aliphatic rings. The van der Waals surface area contributed by atoms with E-state index in [1.807, 2.05) is 0 Å². The summed E-state index contributed by atoms with van der Waals surface area (Å²) < 4.78 is 5.67. The molecule has 0 bridgehead atoms. The molecule has 1 aromatic rings. The molecule has 6 heteroatoms. The smallest absolute Gasteiger partial charge is 0.310 e. The molecule has 108 valence electrons. The third-order valence-corrected chi connectivity index (χ3v) is 3.47. The van der Waals surface area contributed by atoms with Gasteiger partial charge in [-0.25, -0.2) is 0 Å². The van der Waals surface area contributed by atoms with Crippen LogP contribution < -0.4 is 4.74 Å². The molecule has 1 fully saturated rings. The zero-order valence-corrected chi connectivity index (χ0v) is 12.1. The van der Waals surface area contributed by atoms with E-state index >= 15 is 0 Å². The second-order valence-corrected chi connectivity index (χ2v) is 5.75. The van der Waals surface area contributed by atoms with E-state index < -0.39 is 17.5 Å². The first-order valence-electron chi connectivity index (χ1n) is 6.26. The number of rotatable bonds is 4. The van der Waals surface area contributed by atoms with Crippen molar-refractivity contribution in [2.24, 2.45) is 5.92 Å². The molecule has 20 heavy (non-hydrogen) atoms. The maximum absolute atomic E-state index is 12.3. The number of halogens is 1. The Morgan fingerprint density at radius 2 is 1.85 bits per heavy atom. The lowest BCUT2D eigenvalue weighted by molar-refractivity contribution is -0.160. The lowest BCUT2D eigenvalue weighted by atomic mass is 9.97. The molecule has 1 aromatic carbocycles. The van der Waals surface area contributed by atoms with Crippen molar-refractivity contribution in [2.45, 2.75) is 19.4 Å². The third-order valence-electron chi connectivity index (χ3n) is 3.22. The van der Waals surface area contributed by atoms with E-state index in [0.717, 1.165) is 0 Å². The normalized spacial score (nSPS) is 15.7. The third kappa shape index (κ3) is 3.04. The first kappa shape index (κ1) is 14.7. The minimum absolute atomic E-state index is 0.218. The Labute approximate surface area is 122 Å². The van der Waals surface area contributed by atoms with Crippen LogP contribution in [0.3, 0.4) is 0 Å². The number of likely N-dealkylation sites (tertiary alicyclic amines) is 1. The maximum atomic E-state index is 12.3. The quantitative estimate of drug-likeness (QED) is 0.923. The average Bonchev–Trinajstić information content (AvgIpc) is 2.29. The zero-order valence-electron chi connectivity index (χ0n) is 11.3. The van der Waals surface area contributed by atoms with E-state index in [-0.39, 0.29) is 19.0 Å². The molecule has 0 unspecified atom stereocenters. The summed E-state index contributed by atoms with van der Waals surface area (Å²) in [6.45, 7) is 3.80. The van der Waals surface area contributed by atoms with Crippen LogP contribution in [0.25, 0.3) is 0 Å². The van der Waals surface area contributed by atoms with Gasteiger partial charge >= 0.3 is 5.97 Å². The predicted octanol–water partition coefficient (Wildman–Crippen LogP) is 2.04. The Morgan fingerprint density at radius 3 is 2.35 bits per heavy atom.